The minimum Gasteiger partial charge on any atom is -0.496 e. The quantitative estimate of drug-likeness (QED) is 0.296. The second-order valence-electron chi connectivity index (χ2n) is 8.89. The van der Waals surface area contributed by atoms with Crippen LogP contribution in [0.15, 0.2) is 36.4 Å². The number of rotatable bonds is 11. The molecule has 2 aromatic carbocycles. The first-order chi connectivity index (χ1) is 16.9. The van der Waals surface area contributed by atoms with Gasteiger partial charge in [-0.2, -0.15) is 0 Å². The Kier molecular flexibility index (Phi) is 10.5. The molecule has 190 valence electrons. The number of halogens is 2. The van der Waals surface area contributed by atoms with Crippen LogP contribution in [0.25, 0.3) is 0 Å². The van der Waals surface area contributed by atoms with Crippen LogP contribution in [0, 0.1) is 5.92 Å². The molecule has 3 rings (SSSR count). The van der Waals surface area contributed by atoms with Crippen molar-refractivity contribution in [3.05, 3.63) is 57.6 Å². The standard InChI is InChI=1S/C26H34Cl2N4O3/c1-35-24-16-23(29)22(28)15-21(24)26(34)31-17-18-9-13-32(14-10-18)12-4-2-3-11-30-25(33)19-5-7-20(27)8-6-19/h5-8,15-16,18H,2-4,9-14,17,29H2,1H3,(H,30,33)(H,31,34). The summed E-state index contributed by atoms with van der Waals surface area (Å²) in [6, 6.07) is 10.0. The zero-order chi connectivity index (χ0) is 25.2. The van der Waals surface area contributed by atoms with Crippen molar-refractivity contribution in [2.24, 2.45) is 5.92 Å². The largest absolute Gasteiger partial charge is 0.496 e. The summed E-state index contributed by atoms with van der Waals surface area (Å²) < 4.78 is 5.27. The number of hydrogen-bond donors (Lipinski definition) is 3. The molecule has 0 aliphatic carbocycles. The SMILES string of the molecule is COc1cc(N)c(Cl)cc1C(=O)NCC1CCN(CCCCCNC(=O)c2ccc(Cl)cc2)CC1. The van der Waals surface area contributed by atoms with E-state index in [4.69, 9.17) is 33.7 Å². The number of methoxy groups -OCH3 is 1. The van der Waals surface area contributed by atoms with Gasteiger partial charge in [-0.3, -0.25) is 9.59 Å². The van der Waals surface area contributed by atoms with E-state index in [2.05, 4.69) is 15.5 Å². The van der Waals surface area contributed by atoms with Crippen molar-refractivity contribution in [1.29, 1.82) is 0 Å². The molecule has 0 spiro atoms. The second kappa shape index (κ2) is 13.6. The molecule has 0 bridgehead atoms. The van der Waals surface area contributed by atoms with E-state index in [1.807, 2.05) is 0 Å². The average molecular weight is 521 g/mol. The maximum Gasteiger partial charge on any atom is 0.255 e. The van der Waals surface area contributed by atoms with E-state index in [-0.39, 0.29) is 11.8 Å². The number of benzene rings is 2. The van der Waals surface area contributed by atoms with Crippen LogP contribution in [0.2, 0.25) is 10.0 Å². The monoisotopic (exact) mass is 520 g/mol. The maximum absolute atomic E-state index is 12.6. The summed E-state index contributed by atoms with van der Waals surface area (Å²) in [5.74, 6) is 0.611. The van der Waals surface area contributed by atoms with Gasteiger partial charge in [0.1, 0.15) is 5.75 Å². The fourth-order valence-corrected chi connectivity index (χ4v) is 4.49. The number of carbonyl (C=O) groups is 2. The van der Waals surface area contributed by atoms with E-state index in [1.54, 1.807) is 36.4 Å². The molecule has 9 heteroatoms. The number of unbranched alkanes of at least 4 members (excludes halogenated alkanes) is 2. The minimum atomic E-state index is -0.200. The second-order valence-corrected chi connectivity index (χ2v) is 9.74. The molecule has 2 aromatic rings. The third-order valence-corrected chi connectivity index (χ3v) is 6.94. The molecule has 1 fully saturated rings. The summed E-state index contributed by atoms with van der Waals surface area (Å²) in [6.45, 7) is 4.43. The minimum absolute atomic E-state index is 0.0613. The Bertz CT molecular complexity index is 993. The first-order valence-electron chi connectivity index (χ1n) is 12.0. The van der Waals surface area contributed by atoms with Crippen LogP contribution in [0.1, 0.15) is 52.8 Å². The van der Waals surface area contributed by atoms with Crippen LogP contribution >= 0.6 is 23.2 Å². The third-order valence-electron chi connectivity index (χ3n) is 6.36. The number of nitrogens with two attached hydrogens (primary N) is 1. The molecule has 1 saturated heterocycles. The van der Waals surface area contributed by atoms with Crippen LogP contribution in [-0.2, 0) is 0 Å². The molecule has 0 atom stereocenters. The van der Waals surface area contributed by atoms with Crippen molar-refractivity contribution in [3.8, 4) is 5.75 Å². The Morgan fingerprint density at radius 1 is 1.03 bits per heavy atom. The van der Waals surface area contributed by atoms with Crippen molar-refractivity contribution in [3.63, 3.8) is 0 Å². The summed E-state index contributed by atoms with van der Waals surface area (Å²) in [5.41, 5.74) is 7.21. The van der Waals surface area contributed by atoms with Crippen LogP contribution in [0.3, 0.4) is 0 Å². The van der Waals surface area contributed by atoms with E-state index in [9.17, 15) is 9.59 Å². The number of ether oxygens (including phenoxy) is 1. The van der Waals surface area contributed by atoms with Gasteiger partial charge in [-0.15, -0.1) is 0 Å². The normalized spacial score (nSPS) is 14.5. The molecular weight excluding hydrogens is 487 g/mol. The molecule has 35 heavy (non-hydrogen) atoms. The van der Waals surface area contributed by atoms with E-state index in [0.717, 1.165) is 51.7 Å². The Morgan fingerprint density at radius 3 is 2.43 bits per heavy atom. The zero-order valence-electron chi connectivity index (χ0n) is 20.1. The van der Waals surface area contributed by atoms with E-state index < -0.39 is 0 Å². The lowest BCUT2D eigenvalue weighted by Crippen LogP contribution is -2.39. The van der Waals surface area contributed by atoms with Gasteiger partial charge in [-0.25, -0.2) is 0 Å². The topological polar surface area (TPSA) is 96.7 Å². The van der Waals surface area contributed by atoms with Crippen LogP contribution in [0.5, 0.6) is 5.75 Å². The highest BCUT2D eigenvalue weighted by Gasteiger charge is 2.21. The number of carbonyl (C=O) groups excluding carboxylic acids is 2. The number of likely N-dealkylation sites (tertiary alicyclic amines) is 1. The predicted molar refractivity (Wildman–Crippen MR) is 142 cm³/mol. The number of nitrogens with zero attached hydrogens (tertiary/aromatic N) is 1. The summed E-state index contributed by atoms with van der Waals surface area (Å²) in [6.07, 6.45) is 5.24. The lowest BCUT2D eigenvalue weighted by atomic mass is 9.96. The molecule has 4 N–H and O–H groups in total. The maximum atomic E-state index is 12.6. The lowest BCUT2D eigenvalue weighted by Gasteiger charge is -2.32. The molecule has 1 heterocycles. The van der Waals surface area contributed by atoms with Crippen LogP contribution < -0.4 is 21.1 Å². The highest BCUT2D eigenvalue weighted by molar-refractivity contribution is 6.33. The highest BCUT2D eigenvalue weighted by atomic mass is 35.5. The van der Waals surface area contributed by atoms with Gasteiger partial charge in [-0.05, 0) is 81.6 Å². The fourth-order valence-electron chi connectivity index (χ4n) is 4.20. The summed E-state index contributed by atoms with van der Waals surface area (Å²) in [7, 11) is 1.51. The van der Waals surface area contributed by atoms with Gasteiger partial charge in [0, 0.05) is 29.7 Å². The highest BCUT2D eigenvalue weighted by Crippen LogP contribution is 2.29. The lowest BCUT2D eigenvalue weighted by molar-refractivity contribution is 0.0929. The molecular formula is C26H34Cl2N4O3. The molecule has 0 aromatic heterocycles. The van der Waals surface area contributed by atoms with Crippen molar-refractivity contribution in [2.75, 3.05) is 45.6 Å². The molecule has 1 aliphatic rings. The smallest absolute Gasteiger partial charge is 0.255 e. The summed E-state index contributed by atoms with van der Waals surface area (Å²) in [4.78, 5) is 27.2. The number of anilines is 1. The van der Waals surface area contributed by atoms with Gasteiger partial charge in [0.05, 0.1) is 23.4 Å². The third kappa shape index (κ3) is 8.30. The number of hydrogen-bond acceptors (Lipinski definition) is 5. The Labute approximate surface area is 217 Å². The van der Waals surface area contributed by atoms with Gasteiger partial charge >= 0.3 is 0 Å². The molecule has 7 nitrogen and oxygen atoms in total. The van der Waals surface area contributed by atoms with Crippen LogP contribution in [-0.4, -0.2) is 56.5 Å². The molecule has 1 aliphatic heterocycles. The van der Waals surface area contributed by atoms with Gasteiger partial charge in [-0.1, -0.05) is 29.6 Å². The number of nitrogens with one attached hydrogen (secondary N) is 2. The zero-order valence-corrected chi connectivity index (χ0v) is 21.6. The predicted octanol–water partition coefficient (Wildman–Crippen LogP) is 4.63. The summed E-state index contributed by atoms with van der Waals surface area (Å²) in [5, 5.41) is 6.94. The van der Waals surface area contributed by atoms with Crippen molar-refractivity contribution >= 4 is 40.7 Å². The number of nitrogen functional groups attached to an aromatic ring is 1. The summed E-state index contributed by atoms with van der Waals surface area (Å²) >= 11 is 11.9. The van der Waals surface area contributed by atoms with E-state index in [0.29, 0.717) is 51.6 Å². The Morgan fingerprint density at radius 2 is 1.74 bits per heavy atom. The first-order valence-corrected chi connectivity index (χ1v) is 12.8. The fraction of sp³-hybridized carbons (Fsp3) is 0.462. The van der Waals surface area contributed by atoms with Crippen molar-refractivity contribution in [1.82, 2.24) is 15.5 Å². The van der Waals surface area contributed by atoms with Gasteiger partial charge in [0.2, 0.25) is 0 Å². The van der Waals surface area contributed by atoms with Crippen molar-refractivity contribution < 1.29 is 14.3 Å². The first kappa shape index (κ1) is 27.1. The van der Waals surface area contributed by atoms with Gasteiger partial charge in [0.25, 0.3) is 11.8 Å². The average Bonchev–Trinajstić information content (AvgIpc) is 2.87. The Hall–Kier alpha value is -2.48. The van der Waals surface area contributed by atoms with Gasteiger partial charge in [0.15, 0.2) is 0 Å². The molecule has 0 saturated carbocycles. The van der Waals surface area contributed by atoms with Gasteiger partial charge < -0.3 is 26.0 Å². The molecule has 2 amide bonds. The van der Waals surface area contributed by atoms with E-state index in [1.165, 1.54) is 7.11 Å². The van der Waals surface area contributed by atoms with Crippen molar-refractivity contribution in [2.45, 2.75) is 32.1 Å². The molecule has 0 unspecified atom stereocenters. The molecule has 0 radical (unpaired) electrons. The Balaban J connectivity index is 1.27. The number of piperidine rings is 1. The van der Waals surface area contributed by atoms with E-state index >= 15 is 0 Å². The number of amides is 2. The van der Waals surface area contributed by atoms with Crippen LogP contribution in [0.4, 0.5) is 5.69 Å².